The van der Waals surface area contributed by atoms with E-state index in [0.717, 1.165) is 17.3 Å². The Kier molecular flexibility index (Phi) is 7.62. The number of ether oxygens (including phenoxy) is 4. The summed E-state index contributed by atoms with van der Waals surface area (Å²) in [5.74, 6) is 2.33. The highest BCUT2D eigenvalue weighted by Gasteiger charge is 2.19. The van der Waals surface area contributed by atoms with Crippen LogP contribution in [0.5, 0.6) is 23.0 Å². The van der Waals surface area contributed by atoms with Crippen LogP contribution in [0.3, 0.4) is 0 Å². The lowest BCUT2D eigenvalue weighted by atomic mass is 10.2. The number of methoxy groups -OCH3 is 1. The second-order valence-corrected chi connectivity index (χ2v) is 7.27. The number of para-hydroxylation sites is 2. The van der Waals surface area contributed by atoms with Crippen LogP contribution in [-0.4, -0.2) is 38.0 Å². The van der Waals surface area contributed by atoms with E-state index in [1.54, 1.807) is 13.2 Å². The molecule has 0 bridgehead atoms. The fourth-order valence-corrected chi connectivity index (χ4v) is 3.42. The molecule has 0 radical (unpaired) electrons. The van der Waals surface area contributed by atoms with Crippen LogP contribution in [-0.2, 0) is 4.79 Å². The number of hydrogen-bond donors (Lipinski definition) is 1. The number of nitrogens with zero attached hydrogens (tertiary/aromatic N) is 1. The van der Waals surface area contributed by atoms with Crippen molar-refractivity contribution >= 4 is 28.9 Å². The Morgan fingerprint density at radius 2 is 1.70 bits per heavy atom. The highest BCUT2D eigenvalue weighted by atomic mass is 32.2. The number of aliphatic imine (C=N–C) groups is 1. The van der Waals surface area contributed by atoms with Crippen LogP contribution in [0.15, 0.2) is 52.4 Å². The summed E-state index contributed by atoms with van der Waals surface area (Å²) in [5.41, 5.74) is 6.40. The van der Waals surface area contributed by atoms with Gasteiger partial charge >= 0.3 is 0 Å². The quantitative estimate of drug-likeness (QED) is 0.454. The van der Waals surface area contributed by atoms with Crippen LogP contribution >= 0.6 is 11.8 Å². The molecular weight excluding hydrogens is 404 g/mol. The molecule has 1 aliphatic rings. The Balaban J connectivity index is 1.56. The van der Waals surface area contributed by atoms with Gasteiger partial charge in [-0.2, -0.15) is 4.99 Å². The van der Waals surface area contributed by atoms with Crippen LogP contribution in [0, 0.1) is 0 Å². The summed E-state index contributed by atoms with van der Waals surface area (Å²) in [6, 6.07) is 13.0. The van der Waals surface area contributed by atoms with Crippen molar-refractivity contribution in [2.45, 2.75) is 13.3 Å². The van der Waals surface area contributed by atoms with Crippen molar-refractivity contribution in [3.63, 3.8) is 0 Å². The van der Waals surface area contributed by atoms with Gasteiger partial charge in [0.15, 0.2) is 28.2 Å². The summed E-state index contributed by atoms with van der Waals surface area (Å²) in [5, 5.41) is 0.256. The molecule has 7 nitrogen and oxygen atoms in total. The third-order valence-electron chi connectivity index (χ3n) is 4.08. The SMILES string of the molecule is CCOc1cc(/C=C2\SC(N)=NC2=O)ccc1OCCCOc1ccccc1OC. The molecule has 0 atom stereocenters. The molecule has 1 heterocycles. The lowest BCUT2D eigenvalue weighted by Gasteiger charge is -2.13. The first-order valence-electron chi connectivity index (χ1n) is 9.54. The first-order chi connectivity index (χ1) is 14.6. The second-order valence-electron chi connectivity index (χ2n) is 6.21. The number of thioether (sulfide) groups is 1. The van der Waals surface area contributed by atoms with Gasteiger partial charge in [0.2, 0.25) is 0 Å². The number of carbonyl (C=O) groups excluding carboxylic acids is 1. The molecule has 0 aliphatic carbocycles. The molecule has 3 rings (SSSR count). The normalized spacial score (nSPS) is 14.5. The van der Waals surface area contributed by atoms with E-state index in [1.807, 2.05) is 49.4 Å². The zero-order chi connectivity index (χ0) is 21.3. The number of nitrogens with two attached hydrogens (primary N) is 1. The van der Waals surface area contributed by atoms with E-state index in [9.17, 15) is 4.79 Å². The summed E-state index contributed by atoms with van der Waals surface area (Å²) < 4.78 is 22.6. The summed E-state index contributed by atoms with van der Waals surface area (Å²) >= 11 is 1.16. The van der Waals surface area contributed by atoms with Gasteiger partial charge in [-0.25, -0.2) is 0 Å². The molecule has 0 aromatic heterocycles. The van der Waals surface area contributed by atoms with Crippen LogP contribution in [0.4, 0.5) is 0 Å². The fraction of sp³-hybridized carbons (Fsp3) is 0.273. The maximum atomic E-state index is 11.8. The molecule has 1 amide bonds. The van der Waals surface area contributed by atoms with Gasteiger partial charge in [0.1, 0.15) is 0 Å². The molecule has 0 spiro atoms. The van der Waals surface area contributed by atoms with E-state index in [2.05, 4.69) is 4.99 Å². The van der Waals surface area contributed by atoms with Gasteiger partial charge in [-0.05, 0) is 54.6 Å². The van der Waals surface area contributed by atoms with E-state index < -0.39 is 0 Å². The average Bonchev–Trinajstić information content (AvgIpc) is 3.06. The molecule has 0 saturated carbocycles. The standard InChI is InChI=1S/C22H24N2O5S/c1-3-27-19-13-15(14-20-21(25)24-22(23)30-20)9-10-18(19)29-12-6-11-28-17-8-5-4-7-16(17)26-2/h4-5,7-10,13-14H,3,6,11-12H2,1-2H3,(H2,23,24,25)/b20-14-. The largest absolute Gasteiger partial charge is 0.493 e. The molecule has 2 N–H and O–H groups in total. The Labute approximate surface area is 179 Å². The molecule has 0 fully saturated rings. The zero-order valence-corrected chi connectivity index (χ0v) is 17.7. The molecule has 0 unspecified atom stereocenters. The number of hydrogen-bond acceptors (Lipinski definition) is 7. The van der Waals surface area contributed by atoms with E-state index in [1.165, 1.54) is 0 Å². The third-order valence-corrected chi connectivity index (χ3v) is 4.89. The van der Waals surface area contributed by atoms with Gasteiger partial charge in [0.25, 0.3) is 5.91 Å². The van der Waals surface area contributed by atoms with Crippen molar-refractivity contribution in [1.82, 2.24) is 0 Å². The first-order valence-corrected chi connectivity index (χ1v) is 10.4. The van der Waals surface area contributed by atoms with Crippen molar-refractivity contribution in [3.8, 4) is 23.0 Å². The number of carbonyl (C=O) groups is 1. The highest BCUT2D eigenvalue weighted by Crippen LogP contribution is 2.32. The van der Waals surface area contributed by atoms with Gasteiger partial charge in [-0.3, -0.25) is 4.79 Å². The molecule has 2 aromatic rings. The minimum absolute atomic E-state index is 0.256. The lowest BCUT2D eigenvalue weighted by molar-refractivity contribution is -0.113. The Bertz CT molecular complexity index is 958. The van der Waals surface area contributed by atoms with Gasteiger partial charge < -0.3 is 24.7 Å². The van der Waals surface area contributed by atoms with Gasteiger partial charge in [0, 0.05) is 6.42 Å². The monoisotopic (exact) mass is 428 g/mol. The van der Waals surface area contributed by atoms with Crippen molar-refractivity contribution in [3.05, 3.63) is 52.9 Å². The number of benzene rings is 2. The predicted octanol–water partition coefficient (Wildman–Crippen LogP) is 3.87. The van der Waals surface area contributed by atoms with Crippen molar-refractivity contribution in [1.29, 1.82) is 0 Å². The molecule has 30 heavy (non-hydrogen) atoms. The molecule has 2 aromatic carbocycles. The van der Waals surface area contributed by atoms with Crippen LogP contribution in [0.1, 0.15) is 18.9 Å². The molecule has 158 valence electrons. The van der Waals surface area contributed by atoms with Crippen LogP contribution < -0.4 is 24.7 Å². The Morgan fingerprint density at radius 3 is 2.33 bits per heavy atom. The molecular formula is C22H24N2O5S. The van der Waals surface area contributed by atoms with E-state index >= 15 is 0 Å². The summed E-state index contributed by atoms with van der Waals surface area (Å²) in [4.78, 5) is 16.0. The summed E-state index contributed by atoms with van der Waals surface area (Å²) in [6.07, 6.45) is 2.43. The van der Waals surface area contributed by atoms with Crippen molar-refractivity contribution < 1.29 is 23.7 Å². The average molecular weight is 429 g/mol. The van der Waals surface area contributed by atoms with Gasteiger partial charge in [-0.1, -0.05) is 18.2 Å². The van der Waals surface area contributed by atoms with Crippen LogP contribution in [0.25, 0.3) is 6.08 Å². The maximum absolute atomic E-state index is 11.8. The van der Waals surface area contributed by atoms with E-state index in [4.69, 9.17) is 24.7 Å². The Hall–Kier alpha value is -3.13. The molecule has 0 saturated heterocycles. The van der Waals surface area contributed by atoms with E-state index in [0.29, 0.717) is 54.1 Å². The van der Waals surface area contributed by atoms with Gasteiger partial charge in [-0.15, -0.1) is 0 Å². The summed E-state index contributed by atoms with van der Waals surface area (Å²) in [7, 11) is 1.61. The van der Waals surface area contributed by atoms with E-state index in [-0.39, 0.29) is 11.1 Å². The summed E-state index contributed by atoms with van der Waals surface area (Å²) in [6.45, 7) is 3.36. The smallest absolute Gasteiger partial charge is 0.286 e. The Morgan fingerprint density at radius 1 is 1.00 bits per heavy atom. The zero-order valence-electron chi connectivity index (χ0n) is 16.9. The number of amidine groups is 1. The topological polar surface area (TPSA) is 92.4 Å². The lowest BCUT2D eigenvalue weighted by Crippen LogP contribution is -2.06. The first kappa shape index (κ1) is 21.6. The minimum atomic E-state index is -0.328. The minimum Gasteiger partial charge on any atom is -0.493 e. The molecule has 8 heteroatoms. The third kappa shape index (κ3) is 5.70. The van der Waals surface area contributed by atoms with Crippen molar-refractivity contribution in [2.24, 2.45) is 10.7 Å². The molecule has 1 aliphatic heterocycles. The fourth-order valence-electron chi connectivity index (χ4n) is 2.74. The highest BCUT2D eigenvalue weighted by molar-refractivity contribution is 8.18. The van der Waals surface area contributed by atoms with Gasteiger partial charge in [0.05, 0.1) is 31.8 Å². The number of amides is 1. The second kappa shape index (κ2) is 10.6. The van der Waals surface area contributed by atoms with Crippen molar-refractivity contribution in [2.75, 3.05) is 26.9 Å². The number of rotatable bonds is 10. The maximum Gasteiger partial charge on any atom is 0.286 e. The van der Waals surface area contributed by atoms with Crippen LogP contribution in [0.2, 0.25) is 0 Å². The predicted molar refractivity (Wildman–Crippen MR) is 118 cm³/mol.